The summed E-state index contributed by atoms with van der Waals surface area (Å²) in [5.74, 6) is 0.544. The molecular weight excluding hydrogens is 464 g/mol. The highest BCUT2D eigenvalue weighted by Gasteiger charge is 2.28. The molecule has 0 saturated heterocycles. The first kappa shape index (κ1) is 25.8. The molecule has 0 aromatic heterocycles. The van der Waals surface area contributed by atoms with Crippen molar-refractivity contribution in [2.24, 2.45) is 0 Å². The molecule has 0 atom stereocenters. The van der Waals surface area contributed by atoms with E-state index in [0.717, 1.165) is 28.9 Å². The smallest absolute Gasteiger partial charge is 0.264 e. The number of sulfonamides is 1. The van der Waals surface area contributed by atoms with Crippen LogP contribution in [0.25, 0.3) is 0 Å². The van der Waals surface area contributed by atoms with Gasteiger partial charge in [-0.3, -0.25) is 9.10 Å². The van der Waals surface area contributed by atoms with Crippen LogP contribution in [0.4, 0.5) is 5.69 Å². The number of carbonyl (C=O) groups excluding carboxylic acids is 1. The number of aryl methyl sites for hydroxylation is 4. The second kappa shape index (κ2) is 11.6. The van der Waals surface area contributed by atoms with Gasteiger partial charge in [0, 0.05) is 11.4 Å². The van der Waals surface area contributed by atoms with Crippen LogP contribution in [0.5, 0.6) is 0 Å². The highest BCUT2D eigenvalue weighted by Crippen LogP contribution is 2.28. The molecule has 0 aliphatic carbocycles. The summed E-state index contributed by atoms with van der Waals surface area (Å²) in [6, 6.07) is 20.7. The lowest BCUT2D eigenvalue weighted by Gasteiger charge is -2.26. The number of thioether (sulfide) groups is 1. The Bertz CT molecular complexity index is 1220. The molecule has 34 heavy (non-hydrogen) atoms. The van der Waals surface area contributed by atoms with Crippen LogP contribution in [0, 0.1) is 27.7 Å². The Labute approximate surface area is 207 Å². The van der Waals surface area contributed by atoms with Crippen LogP contribution in [0.2, 0.25) is 0 Å². The molecule has 7 heteroatoms. The summed E-state index contributed by atoms with van der Waals surface area (Å²) in [6.07, 6.45) is 0.790. The SMILES string of the molecule is Cc1ccc(SCCCNC(=O)CN(c2cc(C)ccc2C)S(=O)(=O)c2ccc(C)cc2)cc1. The molecule has 0 saturated carbocycles. The zero-order chi connectivity index (χ0) is 24.7. The van der Waals surface area contributed by atoms with Gasteiger partial charge in [-0.2, -0.15) is 0 Å². The van der Waals surface area contributed by atoms with Crippen LogP contribution in [0.3, 0.4) is 0 Å². The number of nitrogens with one attached hydrogen (secondary N) is 1. The van der Waals surface area contributed by atoms with Gasteiger partial charge < -0.3 is 5.32 Å². The maximum absolute atomic E-state index is 13.5. The summed E-state index contributed by atoms with van der Waals surface area (Å²) in [7, 11) is -3.91. The minimum atomic E-state index is -3.91. The van der Waals surface area contributed by atoms with Crippen LogP contribution in [0.15, 0.2) is 76.5 Å². The van der Waals surface area contributed by atoms with E-state index in [9.17, 15) is 13.2 Å². The van der Waals surface area contributed by atoms with Crippen molar-refractivity contribution in [3.63, 3.8) is 0 Å². The van der Waals surface area contributed by atoms with Crippen molar-refractivity contribution in [2.45, 2.75) is 43.9 Å². The van der Waals surface area contributed by atoms with Crippen LogP contribution in [0.1, 0.15) is 28.7 Å². The lowest BCUT2D eigenvalue weighted by atomic mass is 10.1. The molecule has 0 heterocycles. The molecule has 3 aromatic carbocycles. The van der Waals surface area contributed by atoms with E-state index in [1.165, 1.54) is 14.8 Å². The molecule has 0 aliphatic heterocycles. The monoisotopic (exact) mass is 496 g/mol. The van der Waals surface area contributed by atoms with E-state index < -0.39 is 10.0 Å². The Morgan fingerprint density at radius 1 is 0.853 bits per heavy atom. The number of carbonyl (C=O) groups is 1. The Kier molecular flexibility index (Phi) is 8.80. The maximum Gasteiger partial charge on any atom is 0.264 e. The first-order chi connectivity index (χ1) is 16.2. The van der Waals surface area contributed by atoms with Gasteiger partial charge in [0.05, 0.1) is 10.6 Å². The molecule has 0 aliphatic rings. The number of nitrogens with zero attached hydrogens (tertiary/aromatic N) is 1. The van der Waals surface area contributed by atoms with Crippen molar-refractivity contribution < 1.29 is 13.2 Å². The van der Waals surface area contributed by atoms with E-state index in [1.54, 1.807) is 36.0 Å². The zero-order valence-corrected chi connectivity index (χ0v) is 21.8. The molecular formula is C27H32N2O3S2. The van der Waals surface area contributed by atoms with Crippen LogP contribution >= 0.6 is 11.8 Å². The van der Waals surface area contributed by atoms with Crippen molar-refractivity contribution in [1.29, 1.82) is 0 Å². The third kappa shape index (κ3) is 6.87. The van der Waals surface area contributed by atoms with E-state index in [0.29, 0.717) is 12.2 Å². The van der Waals surface area contributed by atoms with E-state index in [2.05, 4.69) is 36.5 Å². The van der Waals surface area contributed by atoms with E-state index in [1.807, 2.05) is 39.0 Å². The fourth-order valence-electron chi connectivity index (χ4n) is 3.44. The number of hydrogen-bond acceptors (Lipinski definition) is 4. The average Bonchev–Trinajstić information content (AvgIpc) is 2.80. The first-order valence-corrected chi connectivity index (χ1v) is 13.7. The van der Waals surface area contributed by atoms with Gasteiger partial charge in [-0.25, -0.2) is 8.42 Å². The molecule has 0 spiro atoms. The third-order valence-corrected chi connectivity index (χ3v) is 8.33. The summed E-state index contributed by atoms with van der Waals surface area (Å²) in [5.41, 5.74) is 4.44. The molecule has 180 valence electrons. The molecule has 1 amide bonds. The highest BCUT2D eigenvalue weighted by molar-refractivity contribution is 7.99. The highest BCUT2D eigenvalue weighted by atomic mass is 32.2. The predicted molar refractivity (Wildman–Crippen MR) is 141 cm³/mol. The number of benzene rings is 3. The van der Waals surface area contributed by atoms with E-state index in [4.69, 9.17) is 0 Å². The number of hydrogen-bond donors (Lipinski definition) is 1. The average molecular weight is 497 g/mol. The quantitative estimate of drug-likeness (QED) is 0.301. The van der Waals surface area contributed by atoms with Crippen molar-refractivity contribution in [2.75, 3.05) is 23.1 Å². The van der Waals surface area contributed by atoms with Crippen molar-refractivity contribution >= 4 is 33.4 Å². The van der Waals surface area contributed by atoms with Crippen LogP contribution in [-0.2, 0) is 14.8 Å². The van der Waals surface area contributed by atoms with Gasteiger partial charge in [0.2, 0.25) is 5.91 Å². The maximum atomic E-state index is 13.5. The van der Waals surface area contributed by atoms with Gasteiger partial charge in [0.1, 0.15) is 6.54 Å². The number of anilines is 1. The number of amides is 1. The Hall–Kier alpha value is -2.77. The topological polar surface area (TPSA) is 66.5 Å². The summed E-state index contributed by atoms with van der Waals surface area (Å²) in [5, 5.41) is 2.89. The molecule has 3 rings (SSSR count). The van der Waals surface area contributed by atoms with E-state index in [-0.39, 0.29) is 17.3 Å². The molecule has 1 N–H and O–H groups in total. The van der Waals surface area contributed by atoms with Crippen LogP contribution in [-0.4, -0.2) is 33.2 Å². The summed E-state index contributed by atoms with van der Waals surface area (Å²) < 4.78 is 28.3. The van der Waals surface area contributed by atoms with E-state index >= 15 is 0 Å². The Balaban J connectivity index is 1.68. The lowest BCUT2D eigenvalue weighted by molar-refractivity contribution is -0.119. The van der Waals surface area contributed by atoms with Gasteiger partial charge in [0.15, 0.2) is 0 Å². The standard InChI is InChI=1S/C27H32N2O3S2/c1-20-7-12-24(13-8-20)33-17-5-16-28-27(30)19-29(26-18-22(3)6-11-23(26)4)34(31,32)25-14-9-21(2)10-15-25/h6-15,18H,5,16-17,19H2,1-4H3,(H,28,30). The minimum absolute atomic E-state index is 0.168. The third-order valence-electron chi connectivity index (χ3n) is 5.46. The molecule has 5 nitrogen and oxygen atoms in total. The van der Waals surface area contributed by atoms with Crippen LogP contribution < -0.4 is 9.62 Å². The molecule has 0 unspecified atom stereocenters. The fraction of sp³-hybridized carbons (Fsp3) is 0.296. The second-order valence-electron chi connectivity index (χ2n) is 8.48. The zero-order valence-electron chi connectivity index (χ0n) is 20.2. The lowest BCUT2D eigenvalue weighted by Crippen LogP contribution is -2.41. The molecule has 0 radical (unpaired) electrons. The number of rotatable bonds is 10. The molecule has 0 bridgehead atoms. The van der Waals surface area contributed by atoms with Gasteiger partial charge in [-0.05, 0) is 81.3 Å². The summed E-state index contributed by atoms with van der Waals surface area (Å²) >= 11 is 1.74. The van der Waals surface area contributed by atoms with Crippen molar-refractivity contribution in [3.05, 3.63) is 89.0 Å². The molecule has 3 aromatic rings. The van der Waals surface area contributed by atoms with Crippen molar-refractivity contribution in [1.82, 2.24) is 5.32 Å². The Morgan fingerprint density at radius 2 is 1.44 bits per heavy atom. The Morgan fingerprint density at radius 3 is 2.09 bits per heavy atom. The minimum Gasteiger partial charge on any atom is -0.354 e. The second-order valence-corrected chi connectivity index (χ2v) is 11.5. The van der Waals surface area contributed by atoms with Crippen molar-refractivity contribution in [3.8, 4) is 0 Å². The predicted octanol–water partition coefficient (Wildman–Crippen LogP) is 5.41. The summed E-state index contributed by atoms with van der Waals surface area (Å²) in [6.45, 7) is 7.94. The normalized spacial score (nSPS) is 11.3. The first-order valence-electron chi connectivity index (χ1n) is 11.3. The fourth-order valence-corrected chi connectivity index (χ4v) is 5.77. The van der Waals surface area contributed by atoms with Gasteiger partial charge in [-0.15, -0.1) is 11.8 Å². The largest absolute Gasteiger partial charge is 0.354 e. The van der Waals surface area contributed by atoms with Gasteiger partial charge in [0.25, 0.3) is 10.0 Å². The van der Waals surface area contributed by atoms with Gasteiger partial charge in [-0.1, -0.05) is 47.5 Å². The van der Waals surface area contributed by atoms with Gasteiger partial charge >= 0.3 is 0 Å². The molecule has 0 fully saturated rings. The summed E-state index contributed by atoms with van der Waals surface area (Å²) in [4.78, 5) is 14.2.